The van der Waals surface area contributed by atoms with Gasteiger partial charge in [0.05, 0.1) is 11.0 Å². The fraction of sp³-hybridized carbons (Fsp3) is 0.357. The van der Waals surface area contributed by atoms with Gasteiger partial charge in [0.1, 0.15) is 6.33 Å². The molecule has 0 fully saturated rings. The van der Waals surface area contributed by atoms with E-state index in [-0.39, 0.29) is 0 Å². The maximum absolute atomic E-state index is 4.75. The first-order valence-electron chi connectivity index (χ1n) is 6.53. The summed E-state index contributed by atoms with van der Waals surface area (Å²) in [5.74, 6) is 0.880. The summed E-state index contributed by atoms with van der Waals surface area (Å²) >= 11 is 0. The number of benzene rings is 1. The molecule has 1 atom stereocenters. The lowest BCUT2D eigenvalue weighted by molar-refractivity contribution is 0.658. The van der Waals surface area contributed by atoms with Crippen LogP contribution in [-0.4, -0.2) is 32.7 Å². The van der Waals surface area contributed by atoms with Gasteiger partial charge in [0.15, 0.2) is 5.82 Å². The van der Waals surface area contributed by atoms with Crippen molar-refractivity contribution in [2.75, 3.05) is 11.9 Å². The van der Waals surface area contributed by atoms with Crippen LogP contribution in [0.25, 0.3) is 16.7 Å². The summed E-state index contributed by atoms with van der Waals surface area (Å²) in [6, 6.07) is 8.46. The van der Waals surface area contributed by atoms with Crippen molar-refractivity contribution >= 4 is 22.5 Å². The van der Waals surface area contributed by atoms with Crippen LogP contribution < -0.4 is 4.90 Å². The Bertz CT molecular complexity index is 718. The molecule has 19 heavy (non-hydrogen) atoms. The molecule has 1 unspecified atom stereocenters. The van der Waals surface area contributed by atoms with Gasteiger partial charge in [-0.15, -0.1) is 10.2 Å². The van der Waals surface area contributed by atoms with Crippen LogP contribution in [0.3, 0.4) is 0 Å². The predicted octanol–water partition coefficient (Wildman–Crippen LogP) is 2.51. The molecule has 0 aliphatic rings. The topological polar surface area (TPSA) is 46.3 Å². The molecule has 0 amide bonds. The maximum atomic E-state index is 4.75. The summed E-state index contributed by atoms with van der Waals surface area (Å²) in [7, 11) is 2.06. The second-order valence-electron chi connectivity index (χ2n) is 4.82. The molecule has 0 radical (unpaired) electrons. The van der Waals surface area contributed by atoms with Crippen molar-refractivity contribution in [2.45, 2.75) is 26.3 Å². The molecule has 0 aliphatic heterocycles. The third-order valence-electron chi connectivity index (χ3n) is 3.70. The lowest BCUT2D eigenvalue weighted by atomic mass is 10.2. The Morgan fingerprint density at radius 1 is 1.32 bits per heavy atom. The van der Waals surface area contributed by atoms with Gasteiger partial charge in [0.25, 0.3) is 0 Å². The highest BCUT2D eigenvalue weighted by atomic mass is 15.3. The Kier molecular flexibility index (Phi) is 2.81. The summed E-state index contributed by atoms with van der Waals surface area (Å²) in [5, 5.41) is 8.24. The summed E-state index contributed by atoms with van der Waals surface area (Å²) in [5.41, 5.74) is 2.80. The van der Waals surface area contributed by atoms with Crippen molar-refractivity contribution in [2.24, 2.45) is 0 Å². The molecular formula is C14H17N5. The number of rotatable bonds is 3. The van der Waals surface area contributed by atoms with Crippen molar-refractivity contribution in [3.8, 4) is 0 Å². The Balaban J connectivity index is 2.30. The van der Waals surface area contributed by atoms with Crippen molar-refractivity contribution in [1.82, 2.24) is 19.6 Å². The van der Waals surface area contributed by atoms with Gasteiger partial charge in [-0.3, -0.25) is 4.40 Å². The standard InChI is InChI=1S/C14H17N5/c1-4-10(2)18(3)13-14-17-15-9-19(14)12-8-6-5-7-11(12)16-13/h5-10H,4H2,1-3H3. The van der Waals surface area contributed by atoms with Crippen LogP contribution in [0.2, 0.25) is 0 Å². The first-order chi connectivity index (χ1) is 9.22. The quantitative estimate of drug-likeness (QED) is 0.721. The van der Waals surface area contributed by atoms with Crippen LogP contribution in [0.4, 0.5) is 5.82 Å². The first-order valence-corrected chi connectivity index (χ1v) is 6.53. The molecule has 0 saturated carbocycles. The van der Waals surface area contributed by atoms with E-state index in [1.165, 1.54) is 0 Å². The molecule has 2 aromatic heterocycles. The van der Waals surface area contributed by atoms with Crippen LogP contribution in [0.5, 0.6) is 0 Å². The molecule has 3 aromatic rings. The van der Waals surface area contributed by atoms with Crippen molar-refractivity contribution < 1.29 is 0 Å². The van der Waals surface area contributed by atoms with Gasteiger partial charge in [0.2, 0.25) is 5.65 Å². The zero-order valence-electron chi connectivity index (χ0n) is 11.4. The minimum absolute atomic E-state index is 0.411. The number of nitrogens with zero attached hydrogens (tertiary/aromatic N) is 5. The van der Waals surface area contributed by atoms with E-state index < -0.39 is 0 Å². The van der Waals surface area contributed by atoms with Crippen LogP contribution >= 0.6 is 0 Å². The Morgan fingerprint density at radius 2 is 2.11 bits per heavy atom. The number of hydrogen-bond donors (Lipinski definition) is 0. The highest BCUT2D eigenvalue weighted by molar-refractivity contribution is 5.82. The van der Waals surface area contributed by atoms with E-state index in [1.807, 2.05) is 28.7 Å². The SMILES string of the molecule is CCC(C)N(C)c1nc2ccccc2n2cnnc12. The summed E-state index contributed by atoms with van der Waals surface area (Å²) in [6.07, 6.45) is 2.80. The molecule has 5 heteroatoms. The monoisotopic (exact) mass is 255 g/mol. The Labute approximate surface area is 111 Å². The number of anilines is 1. The van der Waals surface area contributed by atoms with Crippen LogP contribution in [0, 0.1) is 0 Å². The lowest BCUT2D eigenvalue weighted by Crippen LogP contribution is -2.29. The molecule has 0 aliphatic carbocycles. The maximum Gasteiger partial charge on any atom is 0.204 e. The Hall–Kier alpha value is -2.17. The minimum atomic E-state index is 0.411. The largest absolute Gasteiger partial charge is 0.354 e. The molecule has 0 saturated heterocycles. The van der Waals surface area contributed by atoms with E-state index in [0.717, 1.165) is 28.9 Å². The van der Waals surface area contributed by atoms with Crippen LogP contribution in [-0.2, 0) is 0 Å². The average Bonchev–Trinajstić information content (AvgIpc) is 2.94. The molecule has 0 N–H and O–H groups in total. The summed E-state index contributed by atoms with van der Waals surface area (Å²) < 4.78 is 2.00. The van der Waals surface area contributed by atoms with Crippen molar-refractivity contribution in [3.63, 3.8) is 0 Å². The average molecular weight is 255 g/mol. The lowest BCUT2D eigenvalue weighted by Gasteiger charge is -2.25. The number of hydrogen-bond acceptors (Lipinski definition) is 4. The van der Waals surface area contributed by atoms with Gasteiger partial charge in [-0.1, -0.05) is 19.1 Å². The van der Waals surface area contributed by atoms with Crippen LogP contribution in [0.15, 0.2) is 30.6 Å². The van der Waals surface area contributed by atoms with E-state index in [1.54, 1.807) is 6.33 Å². The van der Waals surface area contributed by atoms with E-state index in [4.69, 9.17) is 4.98 Å². The summed E-state index contributed by atoms with van der Waals surface area (Å²) in [6.45, 7) is 4.35. The third-order valence-corrected chi connectivity index (χ3v) is 3.70. The number of fused-ring (bicyclic) bond motifs is 3. The zero-order valence-corrected chi connectivity index (χ0v) is 11.4. The third kappa shape index (κ3) is 1.82. The minimum Gasteiger partial charge on any atom is -0.354 e. The van der Waals surface area contributed by atoms with E-state index in [2.05, 4.69) is 36.0 Å². The van der Waals surface area contributed by atoms with E-state index >= 15 is 0 Å². The van der Waals surface area contributed by atoms with E-state index in [0.29, 0.717) is 6.04 Å². The zero-order chi connectivity index (χ0) is 13.4. The van der Waals surface area contributed by atoms with Gasteiger partial charge in [-0.25, -0.2) is 4.98 Å². The second kappa shape index (κ2) is 4.50. The smallest absolute Gasteiger partial charge is 0.204 e. The van der Waals surface area contributed by atoms with Gasteiger partial charge in [-0.2, -0.15) is 0 Å². The molecule has 3 rings (SSSR count). The Morgan fingerprint density at radius 3 is 2.89 bits per heavy atom. The van der Waals surface area contributed by atoms with Gasteiger partial charge in [0, 0.05) is 13.1 Å². The molecule has 1 aromatic carbocycles. The highest BCUT2D eigenvalue weighted by Gasteiger charge is 2.16. The fourth-order valence-electron chi connectivity index (χ4n) is 2.21. The van der Waals surface area contributed by atoms with Gasteiger partial charge in [-0.05, 0) is 25.5 Å². The van der Waals surface area contributed by atoms with Gasteiger partial charge < -0.3 is 4.90 Å². The molecule has 0 spiro atoms. The normalized spacial score (nSPS) is 13.0. The molecular weight excluding hydrogens is 238 g/mol. The predicted molar refractivity (Wildman–Crippen MR) is 76.4 cm³/mol. The highest BCUT2D eigenvalue weighted by Crippen LogP contribution is 2.23. The summed E-state index contributed by atoms with van der Waals surface area (Å²) in [4.78, 5) is 6.91. The molecule has 2 heterocycles. The van der Waals surface area contributed by atoms with Crippen LogP contribution in [0.1, 0.15) is 20.3 Å². The van der Waals surface area contributed by atoms with Crippen molar-refractivity contribution in [3.05, 3.63) is 30.6 Å². The molecule has 98 valence electrons. The number of aromatic nitrogens is 4. The van der Waals surface area contributed by atoms with E-state index in [9.17, 15) is 0 Å². The second-order valence-corrected chi connectivity index (χ2v) is 4.82. The first kappa shape index (κ1) is 11.9. The van der Waals surface area contributed by atoms with Crippen molar-refractivity contribution in [1.29, 1.82) is 0 Å². The molecule has 5 nitrogen and oxygen atoms in total. The number of para-hydroxylation sites is 2. The molecule has 0 bridgehead atoms. The van der Waals surface area contributed by atoms with Gasteiger partial charge >= 0.3 is 0 Å². The fourth-order valence-corrected chi connectivity index (χ4v) is 2.21.